The molecule has 3 nitrogen and oxygen atoms in total. The molecule has 0 aliphatic carbocycles. The molecule has 0 saturated heterocycles. The average molecular weight is 217 g/mol. The van der Waals surface area contributed by atoms with Gasteiger partial charge in [-0.3, -0.25) is 0 Å². The van der Waals surface area contributed by atoms with E-state index in [1.54, 1.807) is 0 Å². The van der Waals surface area contributed by atoms with Gasteiger partial charge in [-0.15, -0.1) is 0 Å². The molecule has 0 aliphatic rings. The highest BCUT2D eigenvalue weighted by atomic mass is 15.1. The Morgan fingerprint density at radius 3 is 2.81 bits per heavy atom. The van der Waals surface area contributed by atoms with Crippen molar-refractivity contribution < 1.29 is 0 Å². The lowest BCUT2D eigenvalue weighted by molar-refractivity contribution is 0.591. The van der Waals surface area contributed by atoms with E-state index in [1.807, 2.05) is 6.07 Å². The Kier molecular flexibility index (Phi) is 3.57. The van der Waals surface area contributed by atoms with E-state index in [1.165, 1.54) is 18.4 Å². The highest BCUT2D eigenvalue weighted by Crippen LogP contribution is 2.16. The van der Waals surface area contributed by atoms with Crippen LogP contribution in [0.5, 0.6) is 0 Å². The first-order valence-corrected chi connectivity index (χ1v) is 5.95. The first-order valence-electron chi connectivity index (χ1n) is 5.95. The summed E-state index contributed by atoms with van der Waals surface area (Å²) in [6.45, 7) is 3.92. The van der Waals surface area contributed by atoms with E-state index in [4.69, 9.17) is 5.73 Å². The first kappa shape index (κ1) is 11.1. The van der Waals surface area contributed by atoms with Crippen LogP contribution in [-0.4, -0.2) is 16.1 Å². The van der Waals surface area contributed by atoms with Gasteiger partial charge >= 0.3 is 0 Å². The van der Waals surface area contributed by atoms with Crippen molar-refractivity contribution in [3.8, 4) is 0 Å². The van der Waals surface area contributed by atoms with Crippen molar-refractivity contribution in [1.82, 2.24) is 9.55 Å². The largest absolute Gasteiger partial charge is 0.330 e. The van der Waals surface area contributed by atoms with Crippen LogP contribution in [0.3, 0.4) is 0 Å². The summed E-state index contributed by atoms with van der Waals surface area (Å²) in [6, 6.07) is 8.31. The summed E-state index contributed by atoms with van der Waals surface area (Å²) in [5.74, 6) is 1.11. The second-order valence-corrected chi connectivity index (χ2v) is 4.15. The van der Waals surface area contributed by atoms with Crippen LogP contribution in [0.25, 0.3) is 11.0 Å². The number of hydrogen-bond acceptors (Lipinski definition) is 2. The Morgan fingerprint density at radius 2 is 2.00 bits per heavy atom. The van der Waals surface area contributed by atoms with Gasteiger partial charge in [-0.25, -0.2) is 4.98 Å². The predicted molar refractivity (Wildman–Crippen MR) is 67.4 cm³/mol. The van der Waals surface area contributed by atoms with Gasteiger partial charge in [-0.1, -0.05) is 18.6 Å². The van der Waals surface area contributed by atoms with Crippen LogP contribution in [-0.2, 0) is 6.54 Å². The summed E-state index contributed by atoms with van der Waals surface area (Å²) in [5, 5.41) is 0. The quantitative estimate of drug-likeness (QED) is 0.782. The third-order valence-corrected chi connectivity index (χ3v) is 2.93. The number of para-hydroxylation sites is 2. The normalized spacial score (nSPS) is 11.1. The molecule has 86 valence electrons. The van der Waals surface area contributed by atoms with E-state index in [-0.39, 0.29) is 0 Å². The molecule has 0 unspecified atom stereocenters. The molecule has 3 heteroatoms. The van der Waals surface area contributed by atoms with Gasteiger partial charge in [0.25, 0.3) is 0 Å². The topological polar surface area (TPSA) is 43.8 Å². The van der Waals surface area contributed by atoms with E-state index in [0.29, 0.717) is 0 Å². The number of nitrogens with two attached hydrogens (primary N) is 1. The van der Waals surface area contributed by atoms with Crippen molar-refractivity contribution in [2.45, 2.75) is 32.7 Å². The first-order chi connectivity index (χ1) is 7.83. The van der Waals surface area contributed by atoms with Gasteiger partial charge in [0.15, 0.2) is 0 Å². The molecule has 0 amide bonds. The molecular weight excluding hydrogens is 198 g/mol. The van der Waals surface area contributed by atoms with Gasteiger partial charge in [0.05, 0.1) is 11.0 Å². The van der Waals surface area contributed by atoms with Crippen LogP contribution >= 0.6 is 0 Å². The number of imidazole rings is 1. The zero-order valence-corrected chi connectivity index (χ0v) is 9.82. The Hall–Kier alpha value is -1.35. The summed E-state index contributed by atoms with van der Waals surface area (Å²) in [4.78, 5) is 4.55. The predicted octanol–water partition coefficient (Wildman–Crippen LogP) is 2.47. The highest BCUT2D eigenvalue weighted by Gasteiger charge is 2.05. The van der Waals surface area contributed by atoms with Gasteiger partial charge in [0.2, 0.25) is 0 Å². The fraction of sp³-hybridized carbons (Fsp3) is 0.462. The third-order valence-electron chi connectivity index (χ3n) is 2.93. The number of nitrogens with zero attached hydrogens (tertiary/aromatic N) is 2. The molecule has 0 radical (unpaired) electrons. The van der Waals surface area contributed by atoms with E-state index in [0.717, 1.165) is 30.9 Å². The molecule has 1 aromatic carbocycles. The molecule has 1 heterocycles. The molecule has 2 aromatic rings. The van der Waals surface area contributed by atoms with Crippen LogP contribution in [0.1, 0.15) is 25.1 Å². The lowest BCUT2D eigenvalue weighted by atomic mass is 10.2. The van der Waals surface area contributed by atoms with Gasteiger partial charge in [0, 0.05) is 6.54 Å². The summed E-state index contributed by atoms with van der Waals surface area (Å²) in [6.07, 6.45) is 3.49. The Bertz CT molecular complexity index is 459. The smallest absolute Gasteiger partial charge is 0.106 e. The Balaban J connectivity index is 2.13. The number of rotatable bonds is 5. The average Bonchev–Trinajstić information content (AvgIpc) is 2.61. The molecule has 0 fully saturated rings. The molecule has 0 bridgehead atoms. The summed E-state index contributed by atoms with van der Waals surface area (Å²) >= 11 is 0. The molecule has 0 aliphatic heterocycles. The van der Waals surface area contributed by atoms with Crippen molar-refractivity contribution >= 4 is 11.0 Å². The second-order valence-electron chi connectivity index (χ2n) is 4.15. The molecule has 16 heavy (non-hydrogen) atoms. The van der Waals surface area contributed by atoms with Crippen molar-refractivity contribution in [3.63, 3.8) is 0 Å². The minimum atomic E-state index is 0.795. The van der Waals surface area contributed by atoms with Crippen LogP contribution in [0.4, 0.5) is 0 Å². The van der Waals surface area contributed by atoms with E-state index < -0.39 is 0 Å². The lowest BCUT2D eigenvalue weighted by Crippen LogP contribution is -2.02. The van der Waals surface area contributed by atoms with Crippen molar-refractivity contribution in [2.24, 2.45) is 5.73 Å². The molecule has 2 N–H and O–H groups in total. The fourth-order valence-electron chi connectivity index (χ4n) is 2.07. The molecule has 0 saturated carbocycles. The molecule has 2 rings (SSSR count). The van der Waals surface area contributed by atoms with Crippen molar-refractivity contribution in [3.05, 3.63) is 30.1 Å². The second kappa shape index (κ2) is 5.12. The minimum absolute atomic E-state index is 0.795. The number of fused-ring (bicyclic) bond motifs is 1. The van der Waals surface area contributed by atoms with Crippen LogP contribution in [0.2, 0.25) is 0 Å². The third kappa shape index (κ3) is 2.25. The van der Waals surface area contributed by atoms with Crippen LogP contribution < -0.4 is 5.73 Å². The molecular formula is C13H19N3. The van der Waals surface area contributed by atoms with E-state index in [9.17, 15) is 0 Å². The van der Waals surface area contributed by atoms with E-state index in [2.05, 4.69) is 34.7 Å². The van der Waals surface area contributed by atoms with E-state index >= 15 is 0 Å². The van der Waals surface area contributed by atoms with Gasteiger partial charge in [-0.2, -0.15) is 0 Å². The van der Waals surface area contributed by atoms with Gasteiger partial charge < -0.3 is 10.3 Å². The van der Waals surface area contributed by atoms with Crippen molar-refractivity contribution in [2.75, 3.05) is 6.54 Å². The maximum atomic E-state index is 5.49. The van der Waals surface area contributed by atoms with Crippen molar-refractivity contribution in [1.29, 1.82) is 0 Å². The number of aryl methyl sites for hydroxylation is 2. The fourth-order valence-corrected chi connectivity index (χ4v) is 2.07. The summed E-state index contributed by atoms with van der Waals surface area (Å²) < 4.78 is 2.30. The summed E-state index contributed by atoms with van der Waals surface area (Å²) in [7, 11) is 0. The standard InChI is InChI=1S/C13H19N3/c1-11-15-12-7-3-4-8-13(12)16(11)10-6-2-5-9-14/h3-4,7-8H,2,5-6,9-10,14H2,1H3. The van der Waals surface area contributed by atoms with Gasteiger partial charge in [0.1, 0.15) is 5.82 Å². The Morgan fingerprint density at radius 1 is 1.19 bits per heavy atom. The van der Waals surface area contributed by atoms with Crippen LogP contribution in [0.15, 0.2) is 24.3 Å². The lowest BCUT2D eigenvalue weighted by Gasteiger charge is -2.06. The zero-order chi connectivity index (χ0) is 11.4. The number of aromatic nitrogens is 2. The zero-order valence-electron chi connectivity index (χ0n) is 9.82. The molecule has 0 spiro atoms. The number of hydrogen-bond donors (Lipinski definition) is 1. The SMILES string of the molecule is Cc1nc2ccccc2n1CCCCCN. The maximum absolute atomic E-state index is 5.49. The maximum Gasteiger partial charge on any atom is 0.106 e. The monoisotopic (exact) mass is 217 g/mol. The Labute approximate surface area is 96.3 Å². The minimum Gasteiger partial charge on any atom is -0.330 e. The van der Waals surface area contributed by atoms with Crippen LogP contribution in [0, 0.1) is 6.92 Å². The summed E-state index contributed by atoms with van der Waals surface area (Å²) in [5.41, 5.74) is 7.83. The molecule has 1 aromatic heterocycles. The molecule has 0 atom stereocenters. The highest BCUT2D eigenvalue weighted by molar-refractivity contribution is 5.75. The number of benzene rings is 1. The number of unbranched alkanes of at least 4 members (excludes halogenated alkanes) is 2. The van der Waals surface area contributed by atoms with Gasteiger partial charge in [-0.05, 0) is 38.4 Å².